The molecule has 1 saturated heterocycles. The zero-order chi connectivity index (χ0) is 15.5. The van der Waals surface area contributed by atoms with E-state index in [9.17, 15) is 0 Å². The molecule has 1 aliphatic carbocycles. The van der Waals surface area contributed by atoms with Gasteiger partial charge < -0.3 is 10.2 Å². The van der Waals surface area contributed by atoms with Gasteiger partial charge in [0, 0.05) is 44.8 Å². The van der Waals surface area contributed by atoms with E-state index in [1.165, 1.54) is 51.9 Å². The summed E-state index contributed by atoms with van der Waals surface area (Å²) in [4.78, 5) is 5.17. The number of hydrogen-bond donors (Lipinski definition) is 1. The predicted octanol–water partition coefficient (Wildman–Crippen LogP) is 2.82. The van der Waals surface area contributed by atoms with Crippen molar-refractivity contribution in [2.75, 3.05) is 39.8 Å². The first kappa shape index (κ1) is 17.2. The molecule has 3 nitrogen and oxygen atoms in total. The molecule has 0 amide bonds. The third-order valence-corrected chi connectivity index (χ3v) is 5.86. The van der Waals surface area contributed by atoms with E-state index in [1.807, 2.05) is 0 Å². The van der Waals surface area contributed by atoms with Crippen LogP contribution in [0.4, 0.5) is 0 Å². The van der Waals surface area contributed by atoms with Gasteiger partial charge in [-0.1, -0.05) is 40.5 Å². The Bertz CT molecular complexity index is 306. The third-order valence-electron chi connectivity index (χ3n) is 5.86. The summed E-state index contributed by atoms with van der Waals surface area (Å²) < 4.78 is 0. The van der Waals surface area contributed by atoms with Gasteiger partial charge >= 0.3 is 0 Å². The lowest BCUT2D eigenvalue weighted by Gasteiger charge is -2.43. The van der Waals surface area contributed by atoms with Crippen LogP contribution in [0, 0.1) is 11.3 Å². The van der Waals surface area contributed by atoms with Gasteiger partial charge in [0.05, 0.1) is 0 Å². The van der Waals surface area contributed by atoms with E-state index in [0.717, 1.165) is 12.5 Å². The molecule has 2 fully saturated rings. The molecule has 0 spiro atoms. The van der Waals surface area contributed by atoms with E-state index in [2.05, 4.69) is 49.9 Å². The molecule has 3 heteroatoms. The quantitative estimate of drug-likeness (QED) is 0.841. The summed E-state index contributed by atoms with van der Waals surface area (Å²) in [7, 11) is 2.24. The van der Waals surface area contributed by atoms with Crippen LogP contribution in [0.15, 0.2) is 0 Å². The highest BCUT2D eigenvalue weighted by atomic mass is 15.3. The van der Waals surface area contributed by atoms with E-state index in [0.29, 0.717) is 17.5 Å². The summed E-state index contributed by atoms with van der Waals surface area (Å²) in [6, 6.07) is 1.40. The number of hydrogen-bond acceptors (Lipinski definition) is 3. The molecule has 0 aromatic carbocycles. The highest BCUT2D eigenvalue weighted by Crippen LogP contribution is 2.35. The first-order valence-electron chi connectivity index (χ1n) is 9.06. The minimum Gasteiger partial charge on any atom is -0.312 e. The van der Waals surface area contributed by atoms with Crippen LogP contribution in [-0.2, 0) is 0 Å². The third kappa shape index (κ3) is 4.67. The van der Waals surface area contributed by atoms with Crippen LogP contribution < -0.4 is 5.32 Å². The fourth-order valence-corrected chi connectivity index (χ4v) is 4.08. The standard InChI is InChI=1S/C18H37N3/c1-15(2)16(21-12-10-20(5)11-13-21)14-19-17-8-6-7-9-18(17,3)4/h15-17,19H,6-14H2,1-5H3. The summed E-state index contributed by atoms with van der Waals surface area (Å²) in [5.41, 5.74) is 0.474. The largest absolute Gasteiger partial charge is 0.312 e. The van der Waals surface area contributed by atoms with E-state index < -0.39 is 0 Å². The summed E-state index contributed by atoms with van der Waals surface area (Å²) in [5.74, 6) is 0.729. The summed E-state index contributed by atoms with van der Waals surface area (Å²) in [6.45, 7) is 15.7. The molecule has 2 unspecified atom stereocenters. The van der Waals surface area contributed by atoms with Gasteiger partial charge in [-0.05, 0) is 31.2 Å². The van der Waals surface area contributed by atoms with Crippen molar-refractivity contribution in [1.29, 1.82) is 0 Å². The number of piperazine rings is 1. The molecular formula is C18H37N3. The van der Waals surface area contributed by atoms with Crippen molar-refractivity contribution < 1.29 is 0 Å². The fraction of sp³-hybridized carbons (Fsp3) is 1.00. The molecular weight excluding hydrogens is 258 g/mol. The average Bonchev–Trinajstić information content (AvgIpc) is 2.42. The molecule has 21 heavy (non-hydrogen) atoms. The van der Waals surface area contributed by atoms with Crippen molar-refractivity contribution in [3.8, 4) is 0 Å². The Hall–Kier alpha value is -0.120. The summed E-state index contributed by atoms with van der Waals surface area (Å²) in [6.07, 6.45) is 5.56. The zero-order valence-electron chi connectivity index (χ0n) is 15.0. The van der Waals surface area contributed by atoms with Crippen molar-refractivity contribution >= 4 is 0 Å². The Morgan fingerprint density at radius 3 is 2.33 bits per heavy atom. The van der Waals surface area contributed by atoms with Gasteiger partial charge in [-0.15, -0.1) is 0 Å². The molecule has 0 aromatic heterocycles. The Morgan fingerprint density at radius 1 is 1.10 bits per heavy atom. The van der Waals surface area contributed by atoms with Crippen LogP contribution in [0.5, 0.6) is 0 Å². The van der Waals surface area contributed by atoms with E-state index in [1.54, 1.807) is 0 Å². The van der Waals surface area contributed by atoms with Crippen LogP contribution >= 0.6 is 0 Å². The van der Waals surface area contributed by atoms with Gasteiger partial charge in [-0.25, -0.2) is 0 Å². The second-order valence-electron chi connectivity index (χ2n) is 8.35. The van der Waals surface area contributed by atoms with Crippen LogP contribution in [-0.4, -0.2) is 61.7 Å². The van der Waals surface area contributed by atoms with Crippen molar-refractivity contribution in [3.05, 3.63) is 0 Å². The lowest BCUT2D eigenvalue weighted by molar-refractivity contribution is 0.0773. The predicted molar refractivity (Wildman–Crippen MR) is 91.7 cm³/mol. The Morgan fingerprint density at radius 2 is 1.76 bits per heavy atom. The topological polar surface area (TPSA) is 18.5 Å². The lowest BCUT2D eigenvalue weighted by atomic mass is 9.73. The van der Waals surface area contributed by atoms with Crippen molar-refractivity contribution in [1.82, 2.24) is 15.1 Å². The van der Waals surface area contributed by atoms with Crippen LogP contribution in [0.3, 0.4) is 0 Å². The van der Waals surface area contributed by atoms with Gasteiger partial charge in [0.2, 0.25) is 0 Å². The minimum absolute atomic E-state index is 0.474. The molecule has 0 radical (unpaired) electrons. The first-order chi connectivity index (χ1) is 9.90. The highest BCUT2D eigenvalue weighted by molar-refractivity contribution is 4.90. The normalized spacial score (nSPS) is 29.7. The summed E-state index contributed by atoms with van der Waals surface area (Å²) >= 11 is 0. The molecule has 1 aliphatic heterocycles. The summed E-state index contributed by atoms with van der Waals surface area (Å²) in [5, 5.41) is 3.95. The van der Waals surface area contributed by atoms with E-state index in [4.69, 9.17) is 0 Å². The van der Waals surface area contributed by atoms with Gasteiger partial charge in [0.25, 0.3) is 0 Å². The van der Waals surface area contributed by atoms with Gasteiger partial charge in [-0.2, -0.15) is 0 Å². The number of nitrogens with one attached hydrogen (secondary N) is 1. The molecule has 1 heterocycles. The van der Waals surface area contributed by atoms with E-state index >= 15 is 0 Å². The lowest BCUT2D eigenvalue weighted by Crippen LogP contribution is -2.56. The molecule has 0 bridgehead atoms. The van der Waals surface area contributed by atoms with Gasteiger partial charge in [-0.3, -0.25) is 4.90 Å². The van der Waals surface area contributed by atoms with Crippen molar-refractivity contribution in [2.24, 2.45) is 11.3 Å². The molecule has 1 N–H and O–H groups in total. The maximum atomic E-state index is 3.95. The number of rotatable bonds is 5. The van der Waals surface area contributed by atoms with Gasteiger partial charge in [0.15, 0.2) is 0 Å². The molecule has 124 valence electrons. The maximum Gasteiger partial charge on any atom is 0.0244 e. The monoisotopic (exact) mass is 295 g/mol. The molecule has 0 aromatic rings. The second kappa shape index (κ2) is 7.43. The average molecular weight is 296 g/mol. The van der Waals surface area contributed by atoms with E-state index in [-0.39, 0.29) is 0 Å². The fourth-order valence-electron chi connectivity index (χ4n) is 4.08. The first-order valence-corrected chi connectivity index (χ1v) is 9.06. The number of nitrogens with zero attached hydrogens (tertiary/aromatic N) is 2. The minimum atomic E-state index is 0.474. The Kier molecular flexibility index (Phi) is 6.10. The Labute approximate surface area is 132 Å². The SMILES string of the molecule is CC(C)C(CNC1CCCCC1(C)C)N1CCN(C)CC1. The zero-order valence-corrected chi connectivity index (χ0v) is 15.0. The van der Waals surface area contributed by atoms with Crippen molar-refractivity contribution in [3.63, 3.8) is 0 Å². The maximum absolute atomic E-state index is 3.95. The molecule has 2 rings (SSSR count). The Balaban J connectivity index is 1.88. The van der Waals surface area contributed by atoms with Gasteiger partial charge in [0.1, 0.15) is 0 Å². The molecule has 1 saturated carbocycles. The van der Waals surface area contributed by atoms with Crippen LogP contribution in [0.2, 0.25) is 0 Å². The van der Waals surface area contributed by atoms with Crippen molar-refractivity contribution in [2.45, 2.75) is 65.5 Å². The second-order valence-corrected chi connectivity index (χ2v) is 8.35. The smallest absolute Gasteiger partial charge is 0.0244 e. The molecule has 2 atom stereocenters. The molecule has 2 aliphatic rings. The van der Waals surface area contributed by atoms with Crippen LogP contribution in [0.1, 0.15) is 53.4 Å². The van der Waals surface area contributed by atoms with Crippen LogP contribution in [0.25, 0.3) is 0 Å². The number of likely N-dealkylation sites (N-methyl/N-ethyl adjacent to an activating group) is 1. The highest BCUT2D eigenvalue weighted by Gasteiger charge is 2.33.